The molecule has 1 aromatic carbocycles. The monoisotopic (exact) mass is 377 g/mol. The fourth-order valence-corrected chi connectivity index (χ4v) is 2.64. The number of hydrogen-bond acceptors (Lipinski definition) is 5. The van der Waals surface area contributed by atoms with Gasteiger partial charge in [-0.15, -0.1) is 0 Å². The predicted octanol–water partition coefficient (Wildman–Crippen LogP) is 2.89. The van der Waals surface area contributed by atoms with Gasteiger partial charge in [0, 0.05) is 0 Å². The van der Waals surface area contributed by atoms with Crippen LogP contribution in [0.4, 0.5) is 0 Å². The van der Waals surface area contributed by atoms with Crippen molar-refractivity contribution in [3.8, 4) is 0 Å². The van der Waals surface area contributed by atoms with Gasteiger partial charge in [-0.25, -0.2) is 4.79 Å². The molecule has 1 aromatic rings. The van der Waals surface area contributed by atoms with Crippen molar-refractivity contribution in [1.82, 2.24) is 5.32 Å². The van der Waals surface area contributed by atoms with Crippen LogP contribution in [0.15, 0.2) is 30.3 Å². The Morgan fingerprint density at radius 2 is 1.67 bits per heavy atom. The molecule has 0 aromatic heterocycles. The van der Waals surface area contributed by atoms with Crippen molar-refractivity contribution in [3.05, 3.63) is 35.9 Å². The lowest BCUT2D eigenvalue weighted by Gasteiger charge is -2.25. The molecule has 150 valence electrons. The average molecular weight is 377 g/mol. The van der Waals surface area contributed by atoms with Crippen molar-refractivity contribution < 1.29 is 23.9 Å². The zero-order valence-corrected chi connectivity index (χ0v) is 17.1. The quantitative estimate of drug-likeness (QED) is 0.705. The summed E-state index contributed by atoms with van der Waals surface area (Å²) in [6, 6.07) is 8.68. The van der Waals surface area contributed by atoms with E-state index in [2.05, 4.69) is 5.32 Å². The van der Waals surface area contributed by atoms with Crippen molar-refractivity contribution in [3.63, 3.8) is 0 Å². The third-order valence-electron chi connectivity index (χ3n) is 3.95. The zero-order valence-electron chi connectivity index (χ0n) is 17.1. The highest BCUT2D eigenvalue weighted by molar-refractivity contribution is 5.88. The van der Waals surface area contributed by atoms with Crippen LogP contribution in [-0.2, 0) is 30.3 Å². The van der Waals surface area contributed by atoms with Crippen LogP contribution in [0, 0.1) is 11.8 Å². The van der Waals surface area contributed by atoms with Crippen molar-refractivity contribution in [2.45, 2.75) is 59.1 Å². The second-order valence-electron chi connectivity index (χ2n) is 7.93. The summed E-state index contributed by atoms with van der Waals surface area (Å²) in [7, 11) is 1.28. The van der Waals surface area contributed by atoms with E-state index in [0.717, 1.165) is 5.56 Å². The van der Waals surface area contributed by atoms with Gasteiger partial charge in [0.15, 0.2) is 0 Å². The fraction of sp³-hybridized carbons (Fsp3) is 0.571. The third kappa shape index (κ3) is 8.24. The molecule has 0 aliphatic rings. The summed E-state index contributed by atoms with van der Waals surface area (Å²) in [5.74, 6) is -2.10. The van der Waals surface area contributed by atoms with Crippen LogP contribution in [0.3, 0.4) is 0 Å². The molecule has 0 spiro atoms. The van der Waals surface area contributed by atoms with Crippen LogP contribution in [0.5, 0.6) is 0 Å². The van der Waals surface area contributed by atoms with E-state index in [-0.39, 0.29) is 18.2 Å². The maximum atomic E-state index is 12.9. The molecule has 0 aliphatic heterocycles. The summed E-state index contributed by atoms with van der Waals surface area (Å²) < 4.78 is 10.1. The molecule has 2 atom stereocenters. The average Bonchev–Trinajstić information content (AvgIpc) is 2.57. The number of carbonyl (C=O) groups excluding carboxylic acids is 3. The Kier molecular flexibility index (Phi) is 8.47. The van der Waals surface area contributed by atoms with E-state index >= 15 is 0 Å². The minimum absolute atomic E-state index is 0.0655. The summed E-state index contributed by atoms with van der Waals surface area (Å²) >= 11 is 0. The number of nitrogens with one attached hydrogen (secondary N) is 1. The van der Waals surface area contributed by atoms with Gasteiger partial charge in [0.1, 0.15) is 11.6 Å². The van der Waals surface area contributed by atoms with Gasteiger partial charge in [-0.3, -0.25) is 9.59 Å². The first kappa shape index (κ1) is 22.7. The molecule has 1 N–H and O–H groups in total. The van der Waals surface area contributed by atoms with Crippen LogP contribution >= 0.6 is 0 Å². The zero-order chi connectivity index (χ0) is 20.6. The molecule has 0 unspecified atom stereocenters. The number of esters is 2. The Balaban J connectivity index is 2.95. The first-order valence-electron chi connectivity index (χ1n) is 9.17. The number of amides is 1. The SMILES string of the molecule is COC(=O)[C@@H](NC(=O)[C@@H](CC(=O)OC(C)(C)C)Cc1ccccc1)C(C)C. The smallest absolute Gasteiger partial charge is 0.328 e. The largest absolute Gasteiger partial charge is 0.467 e. The van der Waals surface area contributed by atoms with Crippen molar-refractivity contribution in [1.29, 1.82) is 0 Å². The first-order valence-corrected chi connectivity index (χ1v) is 9.17. The predicted molar refractivity (Wildman–Crippen MR) is 103 cm³/mol. The highest BCUT2D eigenvalue weighted by Gasteiger charge is 2.31. The standard InChI is InChI=1S/C21H31NO5/c1-14(2)18(20(25)26-6)22-19(24)16(12-15-10-8-7-9-11-15)13-17(23)27-21(3,4)5/h7-11,14,16,18H,12-13H2,1-6H3,(H,22,24)/t16-,18+/m1/s1. The number of hydrogen-bond donors (Lipinski definition) is 1. The lowest BCUT2D eigenvalue weighted by molar-refractivity contribution is -0.157. The van der Waals surface area contributed by atoms with Crippen LogP contribution in [0.25, 0.3) is 0 Å². The molecule has 0 aliphatic carbocycles. The molecular formula is C21H31NO5. The summed E-state index contributed by atoms with van der Waals surface area (Å²) in [6.07, 6.45) is 0.307. The third-order valence-corrected chi connectivity index (χ3v) is 3.95. The Morgan fingerprint density at radius 1 is 1.07 bits per heavy atom. The van der Waals surface area contributed by atoms with E-state index in [1.54, 1.807) is 20.8 Å². The molecule has 0 heterocycles. The normalized spacial score (nSPS) is 13.6. The molecule has 6 nitrogen and oxygen atoms in total. The minimum atomic E-state index is -0.764. The number of carbonyl (C=O) groups is 3. The van der Waals surface area contributed by atoms with Crippen LogP contribution in [-0.4, -0.2) is 36.6 Å². The van der Waals surface area contributed by atoms with Crippen LogP contribution < -0.4 is 5.32 Å². The van der Waals surface area contributed by atoms with Gasteiger partial charge in [0.2, 0.25) is 5.91 Å². The molecule has 27 heavy (non-hydrogen) atoms. The van der Waals surface area contributed by atoms with Crippen molar-refractivity contribution >= 4 is 17.8 Å². The molecule has 0 saturated carbocycles. The second-order valence-corrected chi connectivity index (χ2v) is 7.93. The molecule has 0 radical (unpaired) electrons. The van der Waals surface area contributed by atoms with E-state index in [1.165, 1.54) is 7.11 Å². The molecular weight excluding hydrogens is 346 g/mol. The fourth-order valence-electron chi connectivity index (χ4n) is 2.64. The van der Waals surface area contributed by atoms with Gasteiger partial charge in [-0.2, -0.15) is 0 Å². The van der Waals surface area contributed by atoms with E-state index < -0.39 is 29.5 Å². The second kappa shape index (κ2) is 10.1. The number of rotatable bonds is 8. The molecule has 0 saturated heterocycles. The van der Waals surface area contributed by atoms with E-state index in [0.29, 0.717) is 6.42 Å². The minimum Gasteiger partial charge on any atom is -0.467 e. The van der Waals surface area contributed by atoms with E-state index in [4.69, 9.17) is 9.47 Å². The highest BCUT2D eigenvalue weighted by Crippen LogP contribution is 2.18. The Labute approximate surface area is 161 Å². The molecule has 0 bridgehead atoms. The Morgan fingerprint density at radius 3 is 2.15 bits per heavy atom. The topological polar surface area (TPSA) is 81.7 Å². The van der Waals surface area contributed by atoms with Gasteiger partial charge < -0.3 is 14.8 Å². The first-order chi connectivity index (χ1) is 12.5. The van der Waals surface area contributed by atoms with Crippen LogP contribution in [0.2, 0.25) is 0 Å². The lowest BCUT2D eigenvalue weighted by atomic mass is 9.94. The molecule has 0 fully saturated rings. The number of methoxy groups -OCH3 is 1. The van der Waals surface area contributed by atoms with Gasteiger partial charge in [0.05, 0.1) is 19.4 Å². The summed E-state index contributed by atoms with van der Waals surface area (Å²) in [5, 5.41) is 2.73. The van der Waals surface area contributed by atoms with Crippen molar-refractivity contribution in [2.75, 3.05) is 7.11 Å². The van der Waals surface area contributed by atoms with Gasteiger partial charge >= 0.3 is 11.9 Å². The van der Waals surface area contributed by atoms with Crippen molar-refractivity contribution in [2.24, 2.45) is 11.8 Å². The maximum Gasteiger partial charge on any atom is 0.328 e. The Bertz CT molecular complexity index is 634. The number of benzene rings is 1. The summed E-state index contributed by atoms with van der Waals surface area (Å²) in [6.45, 7) is 8.99. The highest BCUT2D eigenvalue weighted by atomic mass is 16.6. The molecule has 1 rings (SSSR count). The van der Waals surface area contributed by atoms with E-state index in [9.17, 15) is 14.4 Å². The van der Waals surface area contributed by atoms with Crippen LogP contribution in [0.1, 0.15) is 46.6 Å². The lowest BCUT2D eigenvalue weighted by Crippen LogP contribution is -2.48. The Hall–Kier alpha value is -2.37. The van der Waals surface area contributed by atoms with Gasteiger partial charge in [-0.05, 0) is 38.7 Å². The number of ether oxygens (including phenoxy) is 2. The maximum absolute atomic E-state index is 12.9. The van der Waals surface area contributed by atoms with Gasteiger partial charge in [0.25, 0.3) is 0 Å². The van der Waals surface area contributed by atoms with Gasteiger partial charge in [-0.1, -0.05) is 44.2 Å². The summed E-state index contributed by atoms with van der Waals surface area (Å²) in [4.78, 5) is 37.1. The van der Waals surface area contributed by atoms with E-state index in [1.807, 2.05) is 44.2 Å². The summed E-state index contributed by atoms with van der Waals surface area (Å²) in [5.41, 5.74) is 0.303. The molecule has 1 amide bonds. The molecule has 6 heteroatoms.